The van der Waals surface area contributed by atoms with Crippen LogP contribution in [0.4, 0.5) is 0 Å². The predicted octanol–water partition coefficient (Wildman–Crippen LogP) is 0.0916. The van der Waals surface area contributed by atoms with E-state index in [1.165, 1.54) is 0 Å². The van der Waals surface area contributed by atoms with Crippen LogP contribution in [-0.4, -0.2) is 30.0 Å². The summed E-state index contributed by atoms with van der Waals surface area (Å²) in [6.07, 6.45) is 1.66. The molecule has 1 amide bonds. The van der Waals surface area contributed by atoms with Crippen molar-refractivity contribution in [1.82, 2.24) is 15.6 Å². The zero-order chi connectivity index (χ0) is 9.97. The fourth-order valence-electron chi connectivity index (χ4n) is 1.35. The molecule has 2 N–H and O–H groups in total. The molecule has 2 rings (SSSR count). The number of hydrogen-bond acceptors (Lipinski definition) is 3. The third-order valence-electron chi connectivity index (χ3n) is 2.28. The lowest BCUT2D eigenvalue weighted by Gasteiger charge is -2.27. The fourth-order valence-corrected chi connectivity index (χ4v) is 1.35. The zero-order valence-electron chi connectivity index (χ0n) is 8.08. The van der Waals surface area contributed by atoms with Gasteiger partial charge in [-0.25, -0.2) is 0 Å². The number of nitrogens with one attached hydrogen (secondary N) is 2. The van der Waals surface area contributed by atoms with Crippen molar-refractivity contribution >= 4 is 5.91 Å². The summed E-state index contributed by atoms with van der Waals surface area (Å²) in [5, 5.41) is 6.03. The fraction of sp³-hybridized carbons (Fsp3) is 0.400. The Morgan fingerprint density at radius 3 is 3.00 bits per heavy atom. The Morgan fingerprint density at radius 1 is 1.64 bits per heavy atom. The molecule has 0 saturated carbocycles. The predicted molar refractivity (Wildman–Crippen MR) is 53.1 cm³/mol. The maximum absolute atomic E-state index is 11.6. The number of aromatic nitrogens is 1. The van der Waals surface area contributed by atoms with Gasteiger partial charge in [0.2, 0.25) is 0 Å². The lowest BCUT2D eigenvalue weighted by molar-refractivity contribution is 0.0923. The molecule has 4 heteroatoms. The first-order valence-corrected chi connectivity index (χ1v) is 4.70. The molecule has 74 valence electrons. The van der Waals surface area contributed by atoms with E-state index in [4.69, 9.17) is 0 Å². The zero-order valence-corrected chi connectivity index (χ0v) is 8.08. The summed E-state index contributed by atoms with van der Waals surface area (Å²) in [5.74, 6) is -0.0120. The molecular weight excluding hydrogens is 178 g/mol. The molecule has 1 aromatic rings. The van der Waals surface area contributed by atoms with Gasteiger partial charge in [0.1, 0.15) is 0 Å². The highest BCUT2D eigenvalue weighted by atomic mass is 16.1. The maximum Gasteiger partial charge on any atom is 0.251 e. The molecule has 14 heavy (non-hydrogen) atoms. The van der Waals surface area contributed by atoms with Gasteiger partial charge in [-0.3, -0.25) is 9.78 Å². The van der Waals surface area contributed by atoms with Crippen molar-refractivity contribution in [2.45, 2.75) is 13.0 Å². The summed E-state index contributed by atoms with van der Waals surface area (Å²) in [7, 11) is 0. The summed E-state index contributed by atoms with van der Waals surface area (Å²) in [5.41, 5.74) is 1.55. The van der Waals surface area contributed by atoms with Crippen molar-refractivity contribution in [3.05, 3.63) is 29.6 Å². The van der Waals surface area contributed by atoms with Gasteiger partial charge in [-0.1, -0.05) is 0 Å². The summed E-state index contributed by atoms with van der Waals surface area (Å²) in [6, 6.07) is 3.81. The van der Waals surface area contributed by atoms with Gasteiger partial charge in [0, 0.05) is 30.5 Å². The van der Waals surface area contributed by atoms with E-state index in [1.54, 1.807) is 18.3 Å². The van der Waals surface area contributed by atoms with Crippen LogP contribution in [0, 0.1) is 6.92 Å². The number of amides is 1. The Hall–Kier alpha value is -1.42. The third kappa shape index (κ3) is 1.90. The van der Waals surface area contributed by atoms with Crippen LogP contribution in [0.25, 0.3) is 0 Å². The van der Waals surface area contributed by atoms with Crippen LogP contribution in [0.3, 0.4) is 0 Å². The second-order valence-corrected chi connectivity index (χ2v) is 3.51. The minimum Gasteiger partial charge on any atom is -0.347 e. The molecule has 1 aliphatic heterocycles. The molecule has 2 heterocycles. The topological polar surface area (TPSA) is 54.0 Å². The smallest absolute Gasteiger partial charge is 0.251 e. The van der Waals surface area contributed by atoms with E-state index in [-0.39, 0.29) is 11.9 Å². The Bertz CT molecular complexity index is 347. The van der Waals surface area contributed by atoms with E-state index in [0.29, 0.717) is 5.56 Å². The van der Waals surface area contributed by atoms with Crippen LogP contribution < -0.4 is 10.6 Å². The number of nitrogens with zero attached hydrogens (tertiary/aromatic N) is 1. The highest BCUT2D eigenvalue weighted by Gasteiger charge is 2.19. The first-order valence-electron chi connectivity index (χ1n) is 4.70. The second-order valence-electron chi connectivity index (χ2n) is 3.51. The van der Waals surface area contributed by atoms with Gasteiger partial charge >= 0.3 is 0 Å². The normalized spacial score (nSPS) is 16.1. The number of carbonyl (C=O) groups is 1. The summed E-state index contributed by atoms with van der Waals surface area (Å²) in [4.78, 5) is 15.7. The third-order valence-corrected chi connectivity index (χ3v) is 2.28. The van der Waals surface area contributed by atoms with Crippen molar-refractivity contribution in [1.29, 1.82) is 0 Å². The van der Waals surface area contributed by atoms with Crippen LogP contribution in [-0.2, 0) is 0 Å². The van der Waals surface area contributed by atoms with E-state index in [2.05, 4.69) is 15.6 Å². The molecule has 0 unspecified atom stereocenters. The number of rotatable bonds is 2. The molecule has 0 spiro atoms. The first-order chi connectivity index (χ1) is 6.75. The molecule has 4 nitrogen and oxygen atoms in total. The summed E-state index contributed by atoms with van der Waals surface area (Å²) >= 11 is 0. The Kier molecular flexibility index (Phi) is 2.45. The van der Waals surface area contributed by atoms with Crippen molar-refractivity contribution in [2.75, 3.05) is 13.1 Å². The van der Waals surface area contributed by atoms with E-state index >= 15 is 0 Å². The number of aryl methyl sites for hydroxylation is 1. The summed E-state index contributed by atoms with van der Waals surface area (Å²) in [6.45, 7) is 3.62. The van der Waals surface area contributed by atoms with Crippen LogP contribution >= 0.6 is 0 Å². The molecule has 1 aromatic heterocycles. The number of pyridine rings is 1. The van der Waals surface area contributed by atoms with Gasteiger partial charge in [-0.2, -0.15) is 0 Å². The molecule has 0 radical (unpaired) electrons. The second kappa shape index (κ2) is 3.75. The van der Waals surface area contributed by atoms with Crippen molar-refractivity contribution in [2.24, 2.45) is 0 Å². The Balaban J connectivity index is 2.02. The minimum absolute atomic E-state index is 0.0120. The highest BCUT2D eigenvalue weighted by molar-refractivity contribution is 5.94. The van der Waals surface area contributed by atoms with Crippen molar-refractivity contribution in [3.8, 4) is 0 Å². The minimum atomic E-state index is -0.0120. The van der Waals surface area contributed by atoms with Crippen molar-refractivity contribution < 1.29 is 4.79 Å². The molecule has 0 atom stereocenters. The molecule has 1 aliphatic rings. The molecule has 0 bridgehead atoms. The van der Waals surface area contributed by atoms with E-state index in [0.717, 1.165) is 18.8 Å². The van der Waals surface area contributed by atoms with E-state index < -0.39 is 0 Å². The van der Waals surface area contributed by atoms with Gasteiger partial charge < -0.3 is 10.6 Å². The summed E-state index contributed by atoms with van der Waals surface area (Å²) < 4.78 is 0. The Morgan fingerprint density at radius 2 is 2.43 bits per heavy atom. The monoisotopic (exact) mass is 191 g/mol. The van der Waals surface area contributed by atoms with Gasteiger partial charge in [0.25, 0.3) is 5.91 Å². The van der Waals surface area contributed by atoms with Gasteiger partial charge in [0.05, 0.1) is 6.04 Å². The first kappa shape index (κ1) is 9.15. The van der Waals surface area contributed by atoms with Crippen LogP contribution in [0.15, 0.2) is 18.3 Å². The van der Waals surface area contributed by atoms with Crippen molar-refractivity contribution in [3.63, 3.8) is 0 Å². The van der Waals surface area contributed by atoms with Crippen LogP contribution in [0.5, 0.6) is 0 Å². The van der Waals surface area contributed by atoms with Gasteiger partial charge in [0.15, 0.2) is 0 Å². The molecule has 1 saturated heterocycles. The average molecular weight is 191 g/mol. The number of carbonyl (C=O) groups excluding carboxylic acids is 1. The Labute approximate surface area is 82.7 Å². The molecular formula is C10H13N3O. The van der Waals surface area contributed by atoms with E-state index in [1.807, 2.05) is 6.92 Å². The molecule has 0 aliphatic carbocycles. The van der Waals surface area contributed by atoms with Crippen LogP contribution in [0.2, 0.25) is 0 Å². The van der Waals surface area contributed by atoms with E-state index in [9.17, 15) is 4.79 Å². The highest BCUT2D eigenvalue weighted by Crippen LogP contribution is 2.02. The van der Waals surface area contributed by atoms with Crippen LogP contribution in [0.1, 0.15) is 16.1 Å². The molecule has 1 fully saturated rings. The van der Waals surface area contributed by atoms with Gasteiger partial charge in [-0.05, 0) is 19.1 Å². The lowest BCUT2D eigenvalue weighted by Crippen LogP contribution is -2.56. The quantitative estimate of drug-likeness (QED) is 0.696. The standard InChI is InChI=1S/C10H13N3O/c1-7-4-8(2-3-12-7)10(14)13-9-5-11-6-9/h2-4,9,11H,5-6H2,1H3,(H,13,14). The molecule has 0 aromatic carbocycles. The largest absolute Gasteiger partial charge is 0.347 e. The lowest BCUT2D eigenvalue weighted by atomic mass is 10.1. The SMILES string of the molecule is Cc1cc(C(=O)NC2CNC2)ccn1. The number of hydrogen-bond donors (Lipinski definition) is 2. The maximum atomic E-state index is 11.6. The van der Waals surface area contributed by atoms with Gasteiger partial charge in [-0.15, -0.1) is 0 Å². The average Bonchev–Trinajstić information content (AvgIpc) is 2.11.